The number of rotatable bonds is 3. The average molecular weight is 412 g/mol. The van der Waals surface area contributed by atoms with Crippen LogP contribution in [0.15, 0.2) is 30.3 Å². The van der Waals surface area contributed by atoms with E-state index in [1.54, 1.807) is 41.7 Å². The van der Waals surface area contributed by atoms with E-state index in [9.17, 15) is 14.9 Å². The fourth-order valence-electron chi connectivity index (χ4n) is 4.15. The van der Waals surface area contributed by atoms with Crippen LogP contribution >= 0.6 is 11.3 Å². The molecule has 1 aliphatic carbocycles. The highest BCUT2D eigenvalue weighted by molar-refractivity contribution is 7.16. The number of carbonyl (C=O) groups excluding carboxylic acids is 1. The molecule has 29 heavy (non-hydrogen) atoms. The molecule has 0 fully saturated rings. The Kier molecular flexibility index (Phi) is 4.94. The Bertz CT molecular complexity index is 1000. The van der Waals surface area contributed by atoms with Gasteiger partial charge in [0.2, 0.25) is 0 Å². The van der Waals surface area contributed by atoms with Gasteiger partial charge in [0.05, 0.1) is 16.1 Å². The third kappa shape index (κ3) is 3.79. The number of para-hydroxylation sites is 1. The van der Waals surface area contributed by atoms with Crippen LogP contribution in [0.25, 0.3) is 6.08 Å². The van der Waals surface area contributed by atoms with Crippen molar-refractivity contribution >= 4 is 34.0 Å². The van der Waals surface area contributed by atoms with Gasteiger partial charge in [-0.25, -0.2) is 0 Å². The SMILES string of the molecule is CC(C)(C)[C@H]1CCc2c(sc3c2C(=O)N[C@H](/C=C/c2ccccc2[N+](=O)[O-])N3)C1. The highest BCUT2D eigenvalue weighted by Gasteiger charge is 2.35. The first-order valence-electron chi connectivity index (χ1n) is 9.87. The minimum atomic E-state index is -0.399. The van der Waals surface area contributed by atoms with Gasteiger partial charge >= 0.3 is 0 Å². The molecule has 1 aromatic heterocycles. The van der Waals surface area contributed by atoms with E-state index in [-0.39, 0.29) is 17.0 Å². The van der Waals surface area contributed by atoms with Crippen molar-refractivity contribution in [3.05, 3.63) is 62.0 Å². The Morgan fingerprint density at radius 1 is 1.24 bits per heavy atom. The van der Waals surface area contributed by atoms with Crippen LogP contribution in [0.3, 0.4) is 0 Å². The van der Waals surface area contributed by atoms with Crippen molar-refractivity contribution in [1.82, 2.24) is 5.32 Å². The first kappa shape index (κ1) is 19.6. The number of nitrogens with zero attached hydrogens (tertiary/aromatic N) is 1. The molecule has 4 rings (SSSR count). The molecule has 0 unspecified atom stereocenters. The number of nitro groups is 1. The third-order valence-corrected chi connectivity index (χ3v) is 7.08. The van der Waals surface area contributed by atoms with Gasteiger partial charge in [0.15, 0.2) is 0 Å². The van der Waals surface area contributed by atoms with Crippen molar-refractivity contribution in [2.45, 2.75) is 46.2 Å². The molecule has 0 radical (unpaired) electrons. The second-order valence-corrected chi connectivity index (χ2v) is 9.89. The zero-order chi connectivity index (χ0) is 20.8. The highest BCUT2D eigenvalue weighted by Crippen LogP contribution is 2.45. The lowest BCUT2D eigenvalue weighted by Gasteiger charge is -2.34. The van der Waals surface area contributed by atoms with Gasteiger partial charge in [0.25, 0.3) is 11.6 Å². The quantitative estimate of drug-likeness (QED) is 0.550. The molecule has 2 heterocycles. The Morgan fingerprint density at radius 2 is 2.00 bits per heavy atom. The summed E-state index contributed by atoms with van der Waals surface area (Å²) >= 11 is 1.68. The van der Waals surface area contributed by atoms with Crippen LogP contribution in [0, 0.1) is 21.4 Å². The number of anilines is 1. The van der Waals surface area contributed by atoms with Crippen molar-refractivity contribution in [3.8, 4) is 0 Å². The fourth-order valence-corrected chi connectivity index (χ4v) is 5.51. The number of hydrogen-bond acceptors (Lipinski definition) is 5. The Balaban J connectivity index is 1.57. The number of nitro benzene ring substituents is 1. The van der Waals surface area contributed by atoms with Gasteiger partial charge < -0.3 is 10.6 Å². The first-order valence-corrected chi connectivity index (χ1v) is 10.7. The zero-order valence-electron chi connectivity index (χ0n) is 16.8. The maximum Gasteiger partial charge on any atom is 0.276 e. The first-order chi connectivity index (χ1) is 13.7. The van der Waals surface area contributed by atoms with Gasteiger partial charge in [-0.1, -0.05) is 32.9 Å². The largest absolute Gasteiger partial charge is 0.353 e. The summed E-state index contributed by atoms with van der Waals surface area (Å²) in [6.45, 7) is 6.85. The average Bonchev–Trinajstić information content (AvgIpc) is 3.03. The van der Waals surface area contributed by atoms with Crippen LogP contribution in [0.1, 0.15) is 53.6 Å². The van der Waals surface area contributed by atoms with E-state index in [4.69, 9.17) is 0 Å². The molecule has 1 amide bonds. The van der Waals surface area contributed by atoms with E-state index in [2.05, 4.69) is 31.4 Å². The Hall–Kier alpha value is -2.67. The molecular formula is C22H25N3O3S. The molecule has 152 valence electrons. The van der Waals surface area contributed by atoms with Gasteiger partial charge in [-0.05, 0) is 54.4 Å². The van der Waals surface area contributed by atoms with Crippen molar-refractivity contribution in [2.24, 2.45) is 11.3 Å². The summed E-state index contributed by atoms with van der Waals surface area (Å²) in [5.41, 5.74) is 2.79. The maximum absolute atomic E-state index is 12.8. The van der Waals surface area contributed by atoms with Crippen molar-refractivity contribution < 1.29 is 9.72 Å². The topological polar surface area (TPSA) is 84.3 Å². The van der Waals surface area contributed by atoms with Crippen LogP contribution in [-0.2, 0) is 12.8 Å². The standard InChI is InChI=1S/C22H25N3O3S/c1-22(2,3)14-9-10-15-17(12-14)29-21-19(15)20(26)23-18(24-21)11-8-13-6-4-5-7-16(13)25(27)28/h4-8,11,14,18,24H,9-10,12H2,1-3H3,(H,23,26)/b11-8+/t14-,18-/m0/s1. The second-order valence-electron chi connectivity index (χ2n) is 8.78. The second kappa shape index (κ2) is 7.30. The summed E-state index contributed by atoms with van der Waals surface area (Å²) in [5.74, 6) is 0.551. The van der Waals surface area contributed by atoms with Crippen molar-refractivity contribution in [1.29, 1.82) is 0 Å². The number of nitrogens with one attached hydrogen (secondary N) is 2. The molecule has 0 spiro atoms. The number of hydrogen-bond donors (Lipinski definition) is 2. The van der Waals surface area contributed by atoms with E-state index >= 15 is 0 Å². The summed E-state index contributed by atoms with van der Waals surface area (Å²) in [5, 5.41) is 18.4. The summed E-state index contributed by atoms with van der Waals surface area (Å²) < 4.78 is 0. The molecule has 6 nitrogen and oxygen atoms in total. The Labute approximate surface area is 174 Å². The van der Waals surface area contributed by atoms with E-state index in [1.807, 2.05) is 0 Å². The maximum atomic E-state index is 12.8. The van der Waals surface area contributed by atoms with Gasteiger partial charge in [0, 0.05) is 10.9 Å². The molecule has 2 aliphatic rings. The fraction of sp³-hybridized carbons (Fsp3) is 0.409. The summed E-state index contributed by atoms with van der Waals surface area (Å²) in [7, 11) is 0. The lowest BCUT2D eigenvalue weighted by Crippen LogP contribution is -2.43. The Morgan fingerprint density at radius 3 is 2.72 bits per heavy atom. The molecule has 1 aromatic carbocycles. The number of carbonyl (C=O) groups is 1. The van der Waals surface area contributed by atoms with E-state index in [0.717, 1.165) is 29.8 Å². The number of benzene rings is 1. The monoisotopic (exact) mass is 411 g/mol. The van der Waals surface area contributed by atoms with Gasteiger partial charge in [0.1, 0.15) is 11.2 Å². The molecule has 0 saturated carbocycles. The smallest absolute Gasteiger partial charge is 0.276 e. The molecule has 7 heteroatoms. The zero-order valence-corrected chi connectivity index (χ0v) is 17.6. The van der Waals surface area contributed by atoms with Gasteiger partial charge in [-0.2, -0.15) is 0 Å². The van der Waals surface area contributed by atoms with Crippen molar-refractivity contribution in [3.63, 3.8) is 0 Å². The van der Waals surface area contributed by atoms with E-state index < -0.39 is 11.1 Å². The van der Waals surface area contributed by atoms with Gasteiger partial charge in [-0.15, -0.1) is 11.3 Å². The van der Waals surface area contributed by atoms with Crippen LogP contribution in [0.5, 0.6) is 0 Å². The summed E-state index contributed by atoms with van der Waals surface area (Å²) in [6.07, 6.45) is 6.11. The van der Waals surface area contributed by atoms with E-state index in [1.165, 1.54) is 16.5 Å². The van der Waals surface area contributed by atoms with Gasteiger partial charge in [-0.3, -0.25) is 14.9 Å². The predicted octanol–water partition coefficient (Wildman–Crippen LogP) is 5.00. The van der Waals surface area contributed by atoms with Crippen LogP contribution in [-0.4, -0.2) is 17.0 Å². The van der Waals surface area contributed by atoms with Crippen LogP contribution in [0.2, 0.25) is 0 Å². The molecular weight excluding hydrogens is 386 g/mol. The normalized spacial score (nSPS) is 21.3. The van der Waals surface area contributed by atoms with Crippen molar-refractivity contribution in [2.75, 3.05) is 5.32 Å². The molecule has 0 bridgehead atoms. The summed E-state index contributed by atoms with van der Waals surface area (Å²) in [4.78, 5) is 24.9. The molecule has 1 aliphatic heterocycles. The number of fused-ring (bicyclic) bond motifs is 3. The molecule has 2 N–H and O–H groups in total. The molecule has 2 aromatic rings. The summed E-state index contributed by atoms with van der Waals surface area (Å²) in [6, 6.07) is 6.57. The predicted molar refractivity (Wildman–Crippen MR) is 116 cm³/mol. The third-order valence-electron chi connectivity index (χ3n) is 5.89. The lowest BCUT2D eigenvalue weighted by atomic mass is 9.72. The lowest BCUT2D eigenvalue weighted by molar-refractivity contribution is -0.385. The number of amides is 1. The highest BCUT2D eigenvalue weighted by atomic mass is 32.1. The number of thiophene rings is 1. The minimum Gasteiger partial charge on any atom is -0.353 e. The van der Waals surface area contributed by atoms with Crippen LogP contribution in [0.4, 0.5) is 10.7 Å². The molecule has 2 atom stereocenters. The van der Waals surface area contributed by atoms with Crippen LogP contribution < -0.4 is 10.6 Å². The minimum absolute atomic E-state index is 0.0476. The van der Waals surface area contributed by atoms with E-state index in [0.29, 0.717) is 11.5 Å². The molecule has 0 saturated heterocycles.